The second-order valence-corrected chi connectivity index (χ2v) is 5.28. The molecular weight excluding hydrogens is 252 g/mol. The first-order valence-electron chi connectivity index (χ1n) is 7.20. The number of nitrogens with zero attached hydrogens (tertiary/aromatic N) is 2. The second kappa shape index (κ2) is 7.28. The van der Waals surface area contributed by atoms with Crippen molar-refractivity contribution in [2.75, 3.05) is 20.3 Å². The Balaban J connectivity index is 2.10. The molecule has 1 fully saturated rings. The van der Waals surface area contributed by atoms with Crippen LogP contribution in [0.15, 0.2) is 18.2 Å². The van der Waals surface area contributed by atoms with Gasteiger partial charge in [0.15, 0.2) is 0 Å². The van der Waals surface area contributed by atoms with Crippen LogP contribution in [0.3, 0.4) is 0 Å². The van der Waals surface area contributed by atoms with Gasteiger partial charge < -0.3 is 9.84 Å². The van der Waals surface area contributed by atoms with Gasteiger partial charge >= 0.3 is 0 Å². The monoisotopic (exact) mass is 274 g/mol. The molecule has 1 saturated heterocycles. The number of benzene rings is 1. The predicted octanol–water partition coefficient (Wildman–Crippen LogP) is 2.30. The van der Waals surface area contributed by atoms with Crippen LogP contribution in [-0.4, -0.2) is 36.3 Å². The number of methoxy groups -OCH3 is 1. The van der Waals surface area contributed by atoms with E-state index in [-0.39, 0.29) is 6.61 Å². The number of rotatable bonds is 5. The van der Waals surface area contributed by atoms with Crippen LogP contribution in [0.2, 0.25) is 0 Å². The smallest absolute Gasteiger partial charge is 0.136 e. The van der Waals surface area contributed by atoms with Gasteiger partial charge in [-0.15, -0.1) is 0 Å². The Hall–Kier alpha value is -1.57. The van der Waals surface area contributed by atoms with Crippen molar-refractivity contribution in [3.63, 3.8) is 0 Å². The maximum absolute atomic E-state index is 9.17. The van der Waals surface area contributed by atoms with E-state index in [1.54, 1.807) is 7.11 Å². The Bertz CT molecular complexity index is 480. The van der Waals surface area contributed by atoms with Crippen molar-refractivity contribution < 1.29 is 9.84 Å². The SMILES string of the molecule is COc1cc(CN2CCCCC2CCO)ccc1C#N. The Kier molecular flexibility index (Phi) is 5.40. The lowest BCUT2D eigenvalue weighted by Crippen LogP contribution is -2.39. The number of likely N-dealkylation sites (tertiary alicyclic amines) is 1. The van der Waals surface area contributed by atoms with Crippen LogP contribution < -0.4 is 4.74 Å². The van der Waals surface area contributed by atoms with Gasteiger partial charge in [0.05, 0.1) is 12.7 Å². The van der Waals surface area contributed by atoms with Crippen molar-refractivity contribution in [3.8, 4) is 11.8 Å². The number of hydrogen-bond acceptors (Lipinski definition) is 4. The molecule has 0 spiro atoms. The molecule has 1 atom stereocenters. The summed E-state index contributed by atoms with van der Waals surface area (Å²) < 4.78 is 5.26. The van der Waals surface area contributed by atoms with Crippen molar-refractivity contribution in [2.24, 2.45) is 0 Å². The molecule has 4 nitrogen and oxygen atoms in total. The molecule has 0 saturated carbocycles. The number of ether oxygens (including phenoxy) is 1. The van der Waals surface area contributed by atoms with Gasteiger partial charge in [0, 0.05) is 19.2 Å². The molecule has 0 aliphatic carbocycles. The third-order valence-corrected chi connectivity index (χ3v) is 3.98. The summed E-state index contributed by atoms with van der Waals surface area (Å²) >= 11 is 0. The molecule has 0 aromatic heterocycles. The van der Waals surface area contributed by atoms with Gasteiger partial charge in [0.25, 0.3) is 0 Å². The van der Waals surface area contributed by atoms with Crippen LogP contribution in [0.5, 0.6) is 5.75 Å². The maximum atomic E-state index is 9.17. The minimum Gasteiger partial charge on any atom is -0.495 e. The van der Waals surface area contributed by atoms with Crippen LogP contribution >= 0.6 is 0 Å². The van der Waals surface area contributed by atoms with Gasteiger partial charge in [-0.3, -0.25) is 4.90 Å². The number of nitriles is 1. The molecule has 0 bridgehead atoms. The predicted molar refractivity (Wildman–Crippen MR) is 77.5 cm³/mol. The van der Waals surface area contributed by atoms with E-state index in [2.05, 4.69) is 11.0 Å². The molecule has 20 heavy (non-hydrogen) atoms. The average molecular weight is 274 g/mol. The molecule has 1 aromatic rings. The van der Waals surface area contributed by atoms with Gasteiger partial charge in [-0.1, -0.05) is 12.5 Å². The summed E-state index contributed by atoms with van der Waals surface area (Å²) in [5.41, 5.74) is 1.73. The zero-order valence-electron chi connectivity index (χ0n) is 12.0. The highest BCUT2D eigenvalue weighted by Crippen LogP contribution is 2.24. The fourth-order valence-electron chi connectivity index (χ4n) is 2.90. The van der Waals surface area contributed by atoms with Crippen LogP contribution in [0.1, 0.15) is 36.8 Å². The normalized spacial score (nSPS) is 19.6. The summed E-state index contributed by atoms with van der Waals surface area (Å²) in [5, 5.41) is 18.2. The first kappa shape index (κ1) is 14.8. The highest BCUT2D eigenvalue weighted by molar-refractivity contribution is 5.45. The molecule has 108 valence electrons. The summed E-state index contributed by atoms with van der Waals surface area (Å²) in [6.07, 6.45) is 4.47. The number of aliphatic hydroxyl groups is 1. The van der Waals surface area contributed by atoms with Gasteiger partial charge in [-0.05, 0) is 43.5 Å². The molecule has 0 radical (unpaired) electrons. The molecule has 1 aromatic carbocycles. The van der Waals surface area contributed by atoms with Crippen LogP contribution in [0, 0.1) is 11.3 Å². The second-order valence-electron chi connectivity index (χ2n) is 5.28. The first-order valence-corrected chi connectivity index (χ1v) is 7.20. The fraction of sp³-hybridized carbons (Fsp3) is 0.562. The zero-order valence-corrected chi connectivity index (χ0v) is 12.0. The van der Waals surface area contributed by atoms with E-state index in [4.69, 9.17) is 10.00 Å². The van der Waals surface area contributed by atoms with Crippen LogP contribution in [-0.2, 0) is 6.54 Å². The molecule has 2 rings (SSSR count). The van der Waals surface area contributed by atoms with Crippen LogP contribution in [0.4, 0.5) is 0 Å². The molecule has 1 N–H and O–H groups in total. The van der Waals surface area contributed by atoms with E-state index in [0.717, 1.165) is 31.5 Å². The fourth-order valence-corrected chi connectivity index (χ4v) is 2.90. The molecule has 1 unspecified atom stereocenters. The molecule has 0 amide bonds. The summed E-state index contributed by atoms with van der Waals surface area (Å²) in [5.74, 6) is 0.640. The van der Waals surface area contributed by atoms with E-state index in [9.17, 15) is 5.11 Å². The highest BCUT2D eigenvalue weighted by Gasteiger charge is 2.22. The lowest BCUT2D eigenvalue weighted by molar-refractivity contribution is 0.112. The minimum atomic E-state index is 0.248. The Morgan fingerprint density at radius 1 is 1.45 bits per heavy atom. The summed E-state index contributed by atoms with van der Waals surface area (Å²) in [6.45, 7) is 2.18. The quantitative estimate of drug-likeness (QED) is 0.895. The van der Waals surface area contributed by atoms with Gasteiger partial charge in [-0.25, -0.2) is 0 Å². The topological polar surface area (TPSA) is 56.5 Å². The van der Waals surface area contributed by atoms with Crippen molar-refractivity contribution in [1.82, 2.24) is 4.90 Å². The standard InChI is InChI=1S/C16H22N2O2/c1-20-16-10-13(5-6-14(16)11-17)12-18-8-3-2-4-15(18)7-9-19/h5-6,10,15,19H,2-4,7-9,12H2,1H3. The van der Waals surface area contributed by atoms with Crippen LogP contribution in [0.25, 0.3) is 0 Å². The van der Waals surface area contributed by atoms with E-state index >= 15 is 0 Å². The Labute approximate surface area is 120 Å². The number of piperidine rings is 1. The molecule has 1 aliphatic heterocycles. The highest BCUT2D eigenvalue weighted by atomic mass is 16.5. The summed E-state index contributed by atoms with van der Waals surface area (Å²) in [6, 6.07) is 8.36. The van der Waals surface area contributed by atoms with E-state index in [0.29, 0.717) is 17.4 Å². The largest absolute Gasteiger partial charge is 0.495 e. The van der Waals surface area contributed by atoms with Crippen molar-refractivity contribution in [1.29, 1.82) is 5.26 Å². The van der Waals surface area contributed by atoms with Gasteiger partial charge in [-0.2, -0.15) is 5.26 Å². The van der Waals surface area contributed by atoms with Crippen molar-refractivity contribution in [2.45, 2.75) is 38.3 Å². The third kappa shape index (κ3) is 3.50. The lowest BCUT2D eigenvalue weighted by atomic mass is 9.98. The first-order chi connectivity index (χ1) is 9.78. The molecule has 1 heterocycles. The minimum absolute atomic E-state index is 0.248. The van der Waals surface area contributed by atoms with Crippen molar-refractivity contribution >= 4 is 0 Å². The third-order valence-electron chi connectivity index (χ3n) is 3.98. The molecular formula is C16H22N2O2. The average Bonchev–Trinajstić information content (AvgIpc) is 2.49. The maximum Gasteiger partial charge on any atom is 0.136 e. The Morgan fingerprint density at radius 2 is 2.30 bits per heavy atom. The molecule has 1 aliphatic rings. The van der Waals surface area contributed by atoms with E-state index in [1.165, 1.54) is 12.8 Å². The summed E-state index contributed by atoms with van der Waals surface area (Å²) in [7, 11) is 1.59. The van der Waals surface area contributed by atoms with E-state index < -0.39 is 0 Å². The van der Waals surface area contributed by atoms with E-state index in [1.807, 2.05) is 18.2 Å². The molecule has 4 heteroatoms. The van der Waals surface area contributed by atoms with Gasteiger partial charge in [0.1, 0.15) is 11.8 Å². The van der Waals surface area contributed by atoms with Gasteiger partial charge in [0.2, 0.25) is 0 Å². The number of hydrogen-bond donors (Lipinski definition) is 1. The Morgan fingerprint density at radius 3 is 3.00 bits per heavy atom. The summed E-state index contributed by atoms with van der Waals surface area (Å²) in [4.78, 5) is 2.43. The van der Waals surface area contributed by atoms with Crippen molar-refractivity contribution in [3.05, 3.63) is 29.3 Å². The number of aliphatic hydroxyl groups excluding tert-OH is 1. The lowest BCUT2D eigenvalue weighted by Gasteiger charge is -2.35. The zero-order chi connectivity index (χ0) is 14.4.